The van der Waals surface area contributed by atoms with Crippen molar-refractivity contribution in [2.75, 3.05) is 18.9 Å². The zero-order chi connectivity index (χ0) is 25.8. The molecular formula is C21H33ClN5O7P. The van der Waals surface area contributed by atoms with Gasteiger partial charge in [-0.05, 0) is 53.1 Å². The number of phosphoric ester groups is 1. The second kappa shape index (κ2) is 9.50. The van der Waals surface area contributed by atoms with Crippen LogP contribution < -0.4 is 5.73 Å². The predicted octanol–water partition coefficient (Wildman–Crippen LogP) is 4.09. The van der Waals surface area contributed by atoms with Crippen LogP contribution in [0.25, 0.3) is 11.2 Å². The Morgan fingerprint density at radius 1 is 1.23 bits per heavy atom. The quantitative estimate of drug-likeness (QED) is 0.387. The molecule has 2 N–H and O–H groups in total. The number of phosphoric acid groups is 1. The fourth-order valence-electron chi connectivity index (χ4n) is 4.35. The lowest BCUT2D eigenvalue weighted by Gasteiger charge is -2.45. The fraction of sp³-hybridized carbons (Fsp3) is 0.762. The Kier molecular flexibility index (Phi) is 7.24. The van der Waals surface area contributed by atoms with Gasteiger partial charge in [-0.3, -0.25) is 18.1 Å². The van der Waals surface area contributed by atoms with Crippen LogP contribution in [0.2, 0.25) is 5.28 Å². The highest BCUT2D eigenvalue weighted by Crippen LogP contribution is 2.55. The lowest BCUT2D eigenvalue weighted by Crippen LogP contribution is -2.54. The average molecular weight is 534 g/mol. The van der Waals surface area contributed by atoms with E-state index in [-0.39, 0.29) is 29.9 Å². The Balaban J connectivity index is 1.67. The summed E-state index contributed by atoms with van der Waals surface area (Å²) in [6.45, 7) is 12.9. The molecule has 12 nitrogen and oxygen atoms in total. The number of nitrogens with zero attached hydrogens (tertiary/aromatic N) is 4. The van der Waals surface area contributed by atoms with Crippen molar-refractivity contribution in [1.29, 1.82) is 0 Å². The number of aromatic nitrogens is 4. The van der Waals surface area contributed by atoms with Gasteiger partial charge in [-0.1, -0.05) is 6.92 Å². The van der Waals surface area contributed by atoms with Crippen LogP contribution in [0.15, 0.2) is 6.33 Å². The SMILES string of the molecule is CC(C)OP(=O)(OC[C@H]1O[C@@H](n2cnc3c(N)nc(Cl)nc32)[C@@]2(C)COC(C)(C)OC12)OC(C)C. The van der Waals surface area contributed by atoms with E-state index >= 15 is 0 Å². The van der Waals surface area contributed by atoms with Crippen LogP contribution in [0, 0.1) is 5.41 Å². The molecule has 4 rings (SSSR count). The monoisotopic (exact) mass is 533 g/mol. The summed E-state index contributed by atoms with van der Waals surface area (Å²) in [5, 5.41) is -0.00813. The molecule has 1 unspecified atom stereocenters. The smallest absolute Gasteiger partial charge is 0.382 e. The van der Waals surface area contributed by atoms with Gasteiger partial charge in [-0.2, -0.15) is 9.97 Å². The summed E-state index contributed by atoms with van der Waals surface area (Å²) >= 11 is 6.07. The highest BCUT2D eigenvalue weighted by molar-refractivity contribution is 7.48. The van der Waals surface area contributed by atoms with Gasteiger partial charge in [-0.25, -0.2) is 9.55 Å². The maximum absolute atomic E-state index is 13.3. The number of hydrogen-bond donors (Lipinski definition) is 1. The summed E-state index contributed by atoms with van der Waals surface area (Å²) < 4.78 is 50.6. The minimum absolute atomic E-state index is 0.00813. The van der Waals surface area contributed by atoms with Gasteiger partial charge in [0.05, 0.1) is 37.2 Å². The van der Waals surface area contributed by atoms with E-state index in [2.05, 4.69) is 15.0 Å². The predicted molar refractivity (Wildman–Crippen MR) is 128 cm³/mol. The van der Waals surface area contributed by atoms with Gasteiger partial charge in [0.15, 0.2) is 17.3 Å². The van der Waals surface area contributed by atoms with Crippen molar-refractivity contribution in [3.8, 4) is 0 Å². The molecule has 0 aromatic carbocycles. The first-order valence-corrected chi connectivity index (χ1v) is 13.3. The molecule has 2 aromatic heterocycles. The first kappa shape index (κ1) is 26.7. The molecule has 196 valence electrons. The summed E-state index contributed by atoms with van der Waals surface area (Å²) in [5.41, 5.74) is 6.11. The minimum Gasteiger partial charge on any atom is -0.382 e. The van der Waals surface area contributed by atoms with Crippen LogP contribution in [0.1, 0.15) is 54.7 Å². The third kappa shape index (κ3) is 5.35. The van der Waals surface area contributed by atoms with Crippen molar-refractivity contribution in [1.82, 2.24) is 19.5 Å². The van der Waals surface area contributed by atoms with E-state index in [1.54, 1.807) is 38.6 Å². The van der Waals surface area contributed by atoms with Gasteiger partial charge in [-0.15, -0.1) is 0 Å². The number of hydrogen-bond acceptors (Lipinski definition) is 11. The average Bonchev–Trinajstić information content (AvgIpc) is 3.24. The Labute approximate surface area is 209 Å². The molecule has 0 bridgehead atoms. The molecule has 2 aliphatic heterocycles. The van der Waals surface area contributed by atoms with E-state index < -0.39 is 37.5 Å². The van der Waals surface area contributed by atoms with Crippen molar-refractivity contribution in [2.24, 2.45) is 5.41 Å². The molecule has 0 amide bonds. The van der Waals surface area contributed by atoms with Crippen LogP contribution in [0.4, 0.5) is 5.82 Å². The number of rotatable bonds is 8. The first-order valence-electron chi connectivity index (χ1n) is 11.5. The molecule has 4 heterocycles. The lowest BCUT2D eigenvalue weighted by molar-refractivity contribution is -0.314. The Morgan fingerprint density at radius 3 is 2.51 bits per heavy atom. The topological polar surface area (TPSA) is 142 Å². The van der Waals surface area contributed by atoms with Crippen molar-refractivity contribution in [2.45, 2.75) is 84.9 Å². The van der Waals surface area contributed by atoms with Crippen LogP contribution in [-0.2, 0) is 32.3 Å². The largest absolute Gasteiger partial charge is 0.475 e. The maximum atomic E-state index is 13.3. The zero-order valence-electron chi connectivity index (χ0n) is 20.9. The Bertz CT molecular complexity index is 1110. The molecule has 0 spiro atoms. The lowest BCUT2D eigenvalue weighted by atomic mass is 9.81. The maximum Gasteiger partial charge on any atom is 0.475 e. The van der Waals surface area contributed by atoms with E-state index in [1.165, 1.54) is 0 Å². The highest BCUT2D eigenvalue weighted by Gasteiger charge is 2.60. The molecule has 0 aliphatic carbocycles. The summed E-state index contributed by atoms with van der Waals surface area (Å²) in [6.07, 6.45) is -0.935. The first-order chi connectivity index (χ1) is 16.2. The molecule has 0 saturated carbocycles. The van der Waals surface area contributed by atoms with Crippen LogP contribution >= 0.6 is 19.4 Å². The standard InChI is InChI=1S/C21H33ClN5O7P/c1-11(2)33-35(28,34-12(3)4)30-8-13-15-21(7,9-29-20(5,6)32-15)18(31-13)27-10-24-14-16(23)25-19(22)26-17(14)27/h10-13,15,18H,8-9H2,1-7H3,(H2,23,25,26)/t13-,15?,18-,21+/m1/s1. The number of imidazole rings is 1. The summed E-state index contributed by atoms with van der Waals surface area (Å²) in [6, 6.07) is 0. The summed E-state index contributed by atoms with van der Waals surface area (Å²) in [4.78, 5) is 12.6. The van der Waals surface area contributed by atoms with Crippen molar-refractivity contribution >= 4 is 36.4 Å². The molecular weight excluding hydrogens is 501 g/mol. The number of halogens is 1. The molecule has 2 saturated heterocycles. The van der Waals surface area contributed by atoms with Gasteiger partial charge in [0, 0.05) is 0 Å². The number of anilines is 1. The second-order valence-corrected chi connectivity index (χ2v) is 11.9. The van der Waals surface area contributed by atoms with Gasteiger partial charge < -0.3 is 19.9 Å². The van der Waals surface area contributed by atoms with E-state index in [1.807, 2.05) is 20.8 Å². The van der Waals surface area contributed by atoms with E-state index in [0.717, 1.165) is 0 Å². The van der Waals surface area contributed by atoms with Crippen LogP contribution in [-0.4, -0.2) is 62.9 Å². The van der Waals surface area contributed by atoms with Gasteiger partial charge >= 0.3 is 7.82 Å². The molecule has 35 heavy (non-hydrogen) atoms. The number of nitrogen functional groups attached to an aromatic ring is 1. The molecule has 2 aliphatic rings. The van der Waals surface area contributed by atoms with Crippen molar-refractivity contribution in [3.63, 3.8) is 0 Å². The van der Waals surface area contributed by atoms with E-state index in [0.29, 0.717) is 17.8 Å². The number of ether oxygens (including phenoxy) is 3. The van der Waals surface area contributed by atoms with E-state index in [9.17, 15) is 4.57 Å². The molecule has 2 fully saturated rings. The van der Waals surface area contributed by atoms with Crippen LogP contribution in [0.5, 0.6) is 0 Å². The van der Waals surface area contributed by atoms with E-state index in [4.69, 9.17) is 45.1 Å². The molecule has 0 radical (unpaired) electrons. The van der Waals surface area contributed by atoms with Gasteiger partial charge in [0.25, 0.3) is 0 Å². The molecule has 4 atom stereocenters. The van der Waals surface area contributed by atoms with Crippen molar-refractivity contribution in [3.05, 3.63) is 11.6 Å². The van der Waals surface area contributed by atoms with Crippen molar-refractivity contribution < 1.29 is 32.3 Å². The fourth-order valence-corrected chi connectivity index (χ4v) is 6.05. The second-order valence-electron chi connectivity index (χ2n) is 10.0. The van der Waals surface area contributed by atoms with Gasteiger partial charge in [0.1, 0.15) is 24.0 Å². The highest BCUT2D eigenvalue weighted by atomic mass is 35.5. The summed E-state index contributed by atoms with van der Waals surface area (Å²) in [7, 11) is -3.86. The van der Waals surface area contributed by atoms with Gasteiger partial charge in [0.2, 0.25) is 5.28 Å². The normalized spacial score (nSPS) is 28.8. The Hall–Kier alpha value is -1.37. The third-order valence-electron chi connectivity index (χ3n) is 5.75. The van der Waals surface area contributed by atoms with Crippen LogP contribution in [0.3, 0.4) is 0 Å². The molecule has 14 heteroatoms. The summed E-state index contributed by atoms with van der Waals surface area (Å²) in [5.74, 6) is -0.701. The zero-order valence-corrected chi connectivity index (χ0v) is 22.6. The third-order valence-corrected chi connectivity index (χ3v) is 7.74. The Morgan fingerprint density at radius 2 is 1.89 bits per heavy atom. The molecule has 2 aromatic rings. The minimum atomic E-state index is -3.86. The number of nitrogens with two attached hydrogens (primary N) is 1. The number of fused-ring (bicyclic) bond motifs is 2.